The first kappa shape index (κ1) is 22.1. The molecule has 1 atom stereocenters. The third kappa shape index (κ3) is 5.56. The van der Waals surface area contributed by atoms with Crippen LogP contribution in [0.3, 0.4) is 0 Å². The SMILES string of the molecule is O=C(NC1CCCCCCC1)c1cn(C[C@@H]2CCCO2)cc(C(=O)N2CCCC2)c1=O. The number of likely N-dealkylation sites (tertiary alicyclic amines) is 1. The summed E-state index contributed by atoms with van der Waals surface area (Å²) in [5.41, 5.74) is -0.279. The van der Waals surface area contributed by atoms with Gasteiger partial charge in [0.25, 0.3) is 11.8 Å². The molecule has 2 saturated heterocycles. The maximum absolute atomic E-state index is 13.2. The van der Waals surface area contributed by atoms with Gasteiger partial charge in [0, 0.05) is 44.7 Å². The molecule has 1 aromatic rings. The fraction of sp³-hybridized carbons (Fsp3) is 0.708. The van der Waals surface area contributed by atoms with E-state index < -0.39 is 5.43 Å². The van der Waals surface area contributed by atoms with Crippen molar-refractivity contribution in [3.8, 4) is 0 Å². The van der Waals surface area contributed by atoms with Crippen LogP contribution in [0.1, 0.15) is 91.3 Å². The molecule has 7 heteroatoms. The summed E-state index contributed by atoms with van der Waals surface area (Å²) in [5, 5.41) is 3.09. The van der Waals surface area contributed by atoms with Crippen LogP contribution in [0.2, 0.25) is 0 Å². The molecular weight excluding hydrogens is 394 g/mol. The Morgan fingerprint density at radius 1 is 0.903 bits per heavy atom. The van der Waals surface area contributed by atoms with Gasteiger partial charge in [-0.1, -0.05) is 32.1 Å². The number of nitrogens with zero attached hydrogens (tertiary/aromatic N) is 2. The van der Waals surface area contributed by atoms with Gasteiger partial charge in [-0.25, -0.2) is 0 Å². The van der Waals surface area contributed by atoms with Crippen molar-refractivity contribution in [2.24, 2.45) is 0 Å². The Morgan fingerprint density at radius 3 is 2.26 bits per heavy atom. The molecule has 1 N–H and O–H groups in total. The summed E-state index contributed by atoms with van der Waals surface area (Å²) in [7, 11) is 0. The maximum atomic E-state index is 13.2. The highest BCUT2D eigenvalue weighted by Crippen LogP contribution is 2.18. The van der Waals surface area contributed by atoms with Crippen molar-refractivity contribution in [3.63, 3.8) is 0 Å². The minimum absolute atomic E-state index is 0.0544. The molecule has 0 aromatic carbocycles. The highest BCUT2D eigenvalue weighted by atomic mass is 16.5. The maximum Gasteiger partial charge on any atom is 0.259 e. The van der Waals surface area contributed by atoms with E-state index in [1.807, 2.05) is 4.57 Å². The van der Waals surface area contributed by atoms with Crippen molar-refractivity contribution >= 4 is 11.8 Å². The number of pyridine rings is 1. The number of amides is 2. The lowest BCUT2D eigenvalue weighted by atomic mass is 9.96. The van der Waals surface area contributed by atoms with E-state index in [0.717, 1.165) is 58.0 Å². The van der Waals surface area contributed by atoms with E-state index in [1.165, 1.54) is 19.3 Å². The molecule has 1 saturated carbocycles. The highest BCUT2D eigenvalue weighted by Gasteiger charge is 2.27. The van der Waals surface area contributed by atoms with Crippen molar-refractivity contribution in [2.75, 3.05) is 19.7 Å². The smallest absolute Gasteiger partial charge is 0.259 e. The second-order valence-electron chi connectivity index (χ2n) is 9.26. The van der Waals surface area contributed by atoms with Gasteiger partial charge >= 0.3 is 0 Å². The molecule has 7 nitrogen and oxygen atoms in total. The molecule has 0 bridgehead atoms. The van der Waals surface area contributed by atoms with Gasteiger partial charge in [0.2, 0.25) is 5.43 Å². The molecule has 170 valence electrons. The lowest BCUT2D eigenvalue weighted by Crippen LogP contribution is -2.40. The first-order valence-corrected chi connectivity index (χ1v) is 12.1. The Hall–Kier alpha value is -2.15. The standard InChI is InChI=1S/C24H35N3O4/c28-22-20(23(29)25-18-9-4-2-1-3-5-10-18)16-26(15-19-11-8-14-31-19)17-21(22)24(30)27-12-6-7-13-27/h16-19H,1-15H2,(H,25,29)/t19-/m0/s1. The molecule has 4 rings (SSSR count). The predicted octanol–water partition coefficient (Wildman–Crippen LogP) is 3.11. The quantitative estimate of drug-likeness (QED) is 0.780. The average Bonchev–Trinajstić information content (AvgIpc) is 3.44. The largest absolute Gasteiger partial charge is 0.376 e. The lowest BCUT2D eigenvalue weighted by Gasteiger charge is -2.22. The van der Waals surface area contributed by atoms with Crippen molar-refractivity contribution < 1.29 is 14.3 Å². The number of carbonyl (C=O) groups is 2. The van der Waals surface area contributed by atoms with Crippen LogP contribution in [-0.2, 0) is 11.3 Å². The summed E-state index contributed by atoms with van der Waals surface area (Å²) < 4.78 is 7.55. The topological polar surface area (TPSA) is 80.6 Å². The Labute approximate surface area is 184 Å². The zero-order valence-corrected chi connectivity index (χ0v) is 18.4. The van der Waals surface area contributed by atoms with Gasteiger partial charge in [0.1, 0.15) is 11.1 Å². The van der Waals surface area contributed by atoms with E-state index in [4.69, 9.17) is 4.74 Å². The normalized spacial score (nSPS) is 22.8. The number of hydrogen-bond donors (Lipinski definition) is 1. The summed E-state index contributed by atoms with van der Waals surface area (Å²) >= 11 is 0. The lowest BCUT2D eigenvalue weighted by molar-refractivity contribution is 0.0787. The molecule has 0 radical (unpaired) electrons. The molecule has 0 unspecified atom stereocenters. The van der Waals surface area contributed by atoms with Gasteiger partial charge < -0.3 is 19.5 Å². The number of ether oxygens (including phenoxy) is 1. The van der Waals surface area contributed by atoms with Crippen LogP contribution in [0.4, 0.5) is 0 Å². The molecule has 31 heavy (non-hydrogen) atoms. The van der Waals surface area contributed by atoms with Crippen LogP contribution >= 0.6 is 0 Å². The summed E-state index contributed by atoms with van der Waals surface area (Å²) in [6.07, 6.45) is 14.9. The third-order valence-electron chi connectivity index (χ3n) is 6.83. The number of nitrogens with one attached hydrogen (secondary N) is 1. The molecule has 0 spiro atoms. The van der Waals surface area contributed by atoms with Crippen LogP contribution in [0, 0.1) is 0 Å². The molecular formula is C24H35N3O4. The molecule has 3 aliphatic rings. The summed E-state index contributed by atoms with van der Waals surface area (Å²) in [5.74, 6) is -0.614. The second-order valence-corrected chi connectivity index (χ2v) is 9.26. The number of rotatable bonds is 5. The van der Waals surface area contributed by atoms with E-state index in [2.05, 4.69) is 5.32 Å². The van der Waals surface area contributed by atoms with Crippen molar-refractivity contribution in [1.29, 1.82) is 0 Å². The van der Waals surface area contributed by atoms with E-state index in [-0.39, 0.29) is 35.1 Å². The Balaban J connectivity index is 1.59. The van der Waals surface area contributed by atoms with E-state index in [1.54, 1.807) is 17.3 Å². The van der Waals surface area contributed by atoms with Crippen LogP contribution in [-0.4, -0.2) is 53.1 Å². The number of hydrogen-bond acceptors (Lipinski definition) is 4. The van der Waals surface area contributed by atoms with Gasteiger partial charge in [0.15, 0.2) is 0 Å². The van der Waals surface area contributed by atoms with Gasteiger partial charge in [-0.05, 0) is 38.5 Å². The van der Waals surface area contributed by atoms with Gasteiger partial charge in [-0.3, -0.25) is 14.4 Å². The minimum atomic E-state index is -0.455. The van der Waals surface area contributed by atoms with Crippen molar-refractivity contribution in [1.82, 2.24) is 14.8 Å². The molecule has 3 heterocycles. The molecule has 2 aliphatic heterocycles. The van der Waals surface area contributed by atoms with Gasteiger partial charge in [-0.15, -0.1) is 0 Å². The fourth-order valence-electron chi connectivity index (χ4n) is 5.03. The summed E-state index contributed by atoms with van der Waals surface area (Å²) in [6.45, 7) is 2.62. The van der Waals surface area contributed by atoms with Gasteiger partial charge in [-0.2, -0.15) is 0 Å². The van der Waals surface area contributed by atoms with Crippen LogP contribution in [0.25, 0.3) is 0 Å². The molecule has 1 aromatic heterocycles. The summed E-state index contributed by atoms with van der Waals surface area (Å²) in [4.78, 5) is 41.1. The van der Waals surface area contributed by atoms with E-state index in [9.17, 15) is 14.4 Å². The average molecular weight is 430 g/mol. The Bertz CT molecular complexity index is 830. The minimum Gasteiger partial charge on any atom is -0.376 e. The van der Waals surface area contributed by atoms with Crippen molar-refractivity contribution in [3.05, 3.63) is 33.7 Å². The van der Waals surface area contributed by atoms with Crippen LogP contribution in [0.5, 0.6) is 0 Å². The summed E-state index contributed by atoms with van der Waals surface area (Å²) in [6, 6.07) is 0.0942. The number of carbonyl (C=O) groups excluding carboxylic acids is 2. The zero-order valence-electron chi connectivity index (χ0n) is 18.4. The zero-order chi connectivity index (χ0) is 21.6. The molecule has 3 fully saturated rings. The highest BCUT2D eigenvalue weighted by molar-refractivity contribution is 5.99. The third-order valence-corrected chi connectivity index (χ3v) is 6.83. The van der Waals surface area contributed by atoms with E-state index in [0.29, 0.717) is 19.6 Å². The number of aromatic nitrogens is 1. The Morgan fingerprint density at radius 2 is 1.58 bits per heavy atom. The van der Waals surface area contributed by atoms with Crippen LogP contribution in [0.15, 0.2) is 17.2 Å². The monoisotopic (exact) mass is 429 g/mol. The van der Waals surface area contributed by atoms with Crippen LogP contribution < -0.4 is 10.7 Å². The first-order chi connectivity index (χ1) is 15.1. The first-order valence-electron chi connectivity index (χ1n) is 12.1. The predicted molar refractivity (Wildman–Crippen MR) is 118 cm³/mol. The molecule has 1 aliphatic carbocycles. The van der Waals surface area contributed by atoms with E-state index >= 15 is 0 Å². The second kappa shape index (κ2) is 10.4. The molecule has 2 amide bonds. The fourth-order valence-corrected chi connectivity index (χ4v) is 5.03. The van der Waals surface area contributed by atoms with Gasteiger partial charge in [0.05, 0.1) is 6.10 Å². The Kier molecular flexibility index (Phi) is 7.43. The van der Waals surface area contributed by atoms with Crippen molar-refractivity contribution in [2.45, 2.75) is 89.3 Å².